The van der Waals surface area contributed by atoms with Crippen LogP contribution < -0.4 is 5.32 Å². The first-order chi connectivity index (χ1) is 14.7. The molecule has 0 spiro atoms. The first-order valence-electron chi connectivity index (χ1n) is 10.1. The third kappa shape index (κ3) is 3.87. The lowest BCUT2D eigenvalue weighted by atomic mass is 9.92. The van der Waals surface area contributed by atoms with E-state index >= 15 is 0 Å². The number of carbonyl (C=O) groups excluding carboxylic acids is 1. The second-order valence-corrected chi connectivity index (χ2v) is 9.77. The number of aryl methyl sites for hydroxylation is 1. The molecule has 0 fully saturated rings. The van der Waals surface area contributed by atoms with Gasteiger partial charge in [-0.15, -0.1) is 11.3 Å². The average molecular weight is 435 g/mol. The zero-order valence-electron chi connectivity index (χ0n) is 16.7. The maximum Gasteiger partial charge on any atom is 0.251 e. The summed E-state index contributed by atoms with van der Waals surface area (Å²) in [5.41, 5.74) is 5.31. The average Bonchev–Trinajstić information content (AvgIpc) is 3.36. The second-order valence-electron chi connectivity index (χ2n) is 7.52. The molecule has 1 unspecified atom stereocenters. The van der Waals surface area contributed by atoms with Gasteiger partial charge in [-0.1, -0.05) is 36.0 Å². The number of carbonyl (C=O) groups is 1. The van der Waals surface area contributed by atoms with E-state index in [-0.39, 0.29) is 11.9 Å². The first kappa shape index (κ1) is 19.3. The molecular formula is C23H22N4OS2. The van der Waals surface area contributed by atoms with E-state index in [0.717, 1.165) is 40.4 Å². The number of nitrogens with zero attached hydrogens (tertiary/aromatic N) is 3. The Morgan fingerprint density at radius 2 is 2.07 bits per heavy atom. The van der Waals surface area contributed by atoms with E-state index in [1.54, 1.807) is 23.1 Å². The minimum Gasteiger partial charge on any atom is -0.345 e. The largest absolute Gasteiger partial charge is 0.345 e. The molecule has 1 aliphatic rings. The molecule has 0 saturated heterocycles. The molecule has 5 nitrogen and oxygen atoms in total. The van der Waals surface area contributed by atoms with E-state index < -0.39 is 0 Å². The highest BCUT2D eigenvalue weighted by Gasteiger charge is 2.25. The van der Waals surface area contributed by atoms with Gasteiger partial charge in [0.25, 0.3) is 5.91 Å². The summed E-state index contributed by atoms with van der Waals surface area (Å²) in [6.07, 6.45) is 4.95. The van der Waals surface area contributed by atoms with Crippen molar-refractivity contribution in [2.75, 3.05) is 0 Å². The summed E-state index contributed by atoms with van der Waals surface area (Å²) in [7, 11) is 1.97. The van der Waals surface area contributed by atoms with Crippen molar-refractivity contribution in [2.24, 2.45) is 7.05 Å². The third-order valence-corrected chi connectivity index (χ3v) is 7.78. The molecule has 30 heavy (non-hydrogen) atoms. The van der Waals surface area contributed by atoms with Crippen molar-refractivity contribution in [3.63, 3.8) is 0 Å². The van der Waals surface area contributed by atoms with Gasteiger partial charge in [-0.2, -0.15) is 5.10 Å². The number of thiazole rings is 1. The number of hydrogen-bond acceptors (Lipinski definition) is 5. The van der Waals surface area contributed by atoms with Crippen LogP contribution in [-0.2, 0) is 19.2 Å². The predicted molar refractivity (Wildman–Crippen MR) is 122 cm³/mol. The molecule has 1 amide bonds. The summed E-state index contributed by atoms with van der Waals surface area (Å²) in [4.78, 5) is 17.4. The summed E-state index contributed by atoms with van der Waals surface area (Å²) < 4.78 is 4.21. The molecule has 152 valence electrons. The normalized spacial score (nSPS) is 15.8. The highest BCUT2D eigenvalue weighted by Crippen LogP contribution is 2.32. The van der Waals surface area contributed by atoms with Crippen molar-refractivity contribution in [1.82, 2.24) is 20.1 Å². The highest BCUT2D eigenvalue weighted by molar-refractivity contribution is 8.00. The van der Waals surface area contributed by atoms with Crippen molar-refractivity contribution < 1.29 is 4.79 Å². The van der Waals surface area contributed by atoms with Gasteiger partial charge in [0.05, 0.1) is 22.5 Å². The molecule has 7 heteroatoms. The number of amides is 1. The van der Waals surface area contributed by atoms with E-state index in [1.807, 2.05) is 60.4 Å². The van der Waals surface area contributed by atoms with Gasteiger partial charge in [-0.25, -0.2) is 4.98 Å². The van der Waals surface area contributed by atoms with Gasteiger partial charge in [0, 0.05) is 29.6 Å². The molecule has 4 aromatic rings. The number of benzene rings is 2. The van der Waals surface area contributed by atoms with Gasteiger partial charge in [-0.05, 0) is 49.1 Å². The second kappa shape index (κ2) is 8.24. The SMILES string of the molecule is Cn1ncc2c1CCCC2NC(=O)c1ccc(CSc2nc3ccccc3s2)cc1. The van der Waals surface area contributed by atoms with Crippen molar-refractivity contribution in [3.05, 3.63) is 77.1 Å². The van der Waals surface area contributed by atoms with Gasteiger partial charge < -0.3 is 5.32 Å². The monoisotopic (exact) mass is 434 g/mol. The molecule has 0 aliphatic heterocycles. The molecule has 0 bridgehead atoms. The Balaban J connectivity index is 1.22. The van der Waals surface area contributed by atoms with Crippen molar-refractivity contribution >= 4 is 39.2 Å². The standard InChI is InChI=1S/C23H22N4OS2/c1-27-20-7-4-6-18(17(20)13-24-27)25-22(28)16-11-9-15(10-12-16)14-29-23-26-19-5-2-3-8-21(19)30-23/h2-3,5,8-13,18H,4,6-7,14H2,1H3,(H,25,28). The number of hydrogen-bond donors (Lipinski definition) is 1. The molecule has 1 aliphatic carbocycles. The zero-order chi connectivity index (χ0) is 20.5. The lowest BCUT2D eigenvalue weighted by Gasteiger charge is -2.23. The van der Waals surface area contributed by atoms with Gasteiger partial charge in [0.2, 0.25) is 0 Å². The van der Waals surface area contributed by atoms with E-state index in [2.05, 4.69) is 21.5 Å². The summed E-state index contributed by atoms with van der Waals surface area (Å²) >= 11 is 3.46. The molecular weight excluding hydrogens is 412 g/mol. The smallest absolute Gasteiger partial charge is 0.251 e. The number of fused-ring (bicyclic) bond motifs is 2. The topological polar surface area (TPSA) is 59.8 Å². The minimum atomic E-state index is -0.0259. The number of para-hydroxylation sites is 1. The molecule has 2 aromatic heterocycles. The Kier molecular flexibility index (Phi) is 5.31. The predicted octanol–water partition coefficient (Wildman–Crippen LogP) is 5.13. The molecule has 0 saturated carbocycles. The van der Waals surface area contributed by atoms with Crippen LogP contribution >= 0.6 is 23.1 Å². The summed E-state index contributed by atoms with van der Waals surface area (Å²) in [6.45, 7) is 0. The van der Waals surface area contributed by atoms with Crippen LogP contribution in [-0.4, -0.2) is 20.7 Å². The Labute approximate surface area is 183 Å². The van der Waals surface area contributed by atoms with Gasteiger partial charge in [-0.3, -0.25) is 9.48 Å². The zero-order valence-corrected chi connectivity index (χ0v) is 18.3. The summed E-state index contributed by atoms with van der Waals surface area (Å²) in [5.74, 6) is 0.811. The fraction of sp³-hybridized carbons (Fsp3) is 0.261. The van der Waals surface area contributed by atoms with Crippen LogP contribution in [0.4, 0.5) is 0 Å². The lowest BCUT2D eigenvalue weighted by Crippen LogP contribution is -2.30. The number of thioether (sulfide) groups is 1. The van der Waals surface area contributed by atoms with Crippen LogP contribution in [0.15, 0.2) is 59.1 Å². The van der Waals surface area contributed by atoms with Gasteiger partial charge in [0.1, 0.15) is 0 Å². The lowest BCUT2D eigenvalue weighted by molar-refractivity contribution is 0.0932. The van der Waals surface area contributed by atoms with E-state index in [0.29, 0.717) is 5.56 Å². The fourth-order valence-electron chi connectivity index (χ4n) is 3.91. The van der Waals surface area contributed by atoms with Crippen LogP contribution in [0.25, 0.3) is 10.2 Å². The van der Waals surface area contributed by atoms with Crippen molar-refractivity contribution in [2.45, 2.75) is 35.4 Å². The van der Waals surface area contributed by atoms with Gasteiger partial charge in [0.15, 0.2) is 4.34 Å². The molecule has 2 heterocycles. The summed E-state index contributed by atoms with van der Waals surface area (Å²) in [6, 6.07) is 16.1. The fourth-order valence-corrected chi connectivity index (χ4v) is 5.93. The minimum absolute atomic E-state index is 0.0259. The number of rotatable bonds is 5. The number of aromatic nitrogens is 3. The summed E-state index contributed by atoms with van der Waals surface area (Å²) in [5, 5.41) is 7.55. The van der Waals surface area contributed by atoms with Gasteiger partial charge >= 0.3 is 0 Å². The Morgan fingerprint density at radius 1 is 1.23 bits per heavy atom. The van der Waals surface area contributed by atoms with Crippen LogP contribution in [0.3, 0.4) is 0 Å². The van der Waals surface area contributed by atoms with Crippen molar-refractivity contribution in [1.29, 1.82) is 0 Å². The molecule has 0 radical (unpaired) electrons. The molecule has 2 aromatic carbocycles. The molecule has 1 N–H and O–H groups in total. The number of nitrogens with one attached hydrogen (secondary N) is 1. The van der Waals surface area contributed by atoms with Crippen LogP contribution in [0.1, 0.15) is 46.1 Å². The Morgan fingerprint density at radius 3 is 2.90 bits per heavy atom. The van der Waals surface area contributed by atoms with Crippen molar-refractivity contribution in [3.8, 4) is 0 Å². The maximum atomic E-state index is 12.8. The Bertz CT molecular complexity index is 1160. The molecule has 1 atom stereocenters. The third-order valence-electron chi connectivity index (χ3n) is 5.53. The van der Waals surface area contributed by atoms with E-state index in [9.17, 15) is 4.79 Å². The first-order valence-corrected chi connectivity index (χ1v) is 11.9. The van der Waals surface area contributed by atoms with Crippen LogP contribution in [0.5, 0.6) is 0 Å². The quantitative estimate of drug-likeness (QED) is 0.443. The van der Waals surface area contributed by atoms with E-state index in [1.165, 1.54) is 16.0 Å². The van der Waals surface area contributed by atoms with E-state index in [4.69, 9.17) is 0 Å². The maximum absolute atomic E-state index is 12.8. The molecule has 5 rings (SSSR count). The highest BCUT2D eigenvalue weighted by atomic mass is 32.2. The van der Waals surface area contributed by atoms with Crippen LogP contribution in [0, 0.1) is 0 Å². The van der Waals surface area contributed by atoms with Crippen LogP contribution in [0.2, 0.25) is 0 Å². The Hall–Kier alpha value is -2.64.